The molecule has 0 saturated carbocycles. The summed E-state index contributed by atoms with van der Waals surface area (Å²) in [6.07, 6.45) is 0. The molecule has 0 atom stereocenters. The van der Waals surface area contributed by atoms with Crippen LogP contribution in [0.15, 0.2) is 42.5 Å². The van der Waals surface area contributed by atoms with Crippen molar-refractivity contribution >= 4 is 35.1 Å². The van der Waals surface area contributed by atoms with Gasteiger partial charge >= 0.3 is 17.8 Å². The first kappa shape index (κ1) is 18.5. The van der Waals surface area contributed by atoms with E-state index in [0.29, 0.717) is 16.3 Å². The zero-order valence-corrected chi connectivity index (χ0v) is 14.5. The largest absolute Gasteiger partial charge is 0.465 e. The van der Waals surface area contributed by atoms with Crippen LogP contribution in [-0.4, -0.2) is 24.9 Å². The van der Waals surface area contributed by atoms with Crippen LogP contribution in [0.25, 0.3) is 0 Å². The van der Waals surface area contributed by atoms with E-state index in [9.17, 15) is 14.4 Å². The number of esters is 1. The molecular weight excluding hydrogens is 344 g/mol. The van der Waals surface area contributed by atoms with Crippen molar-refractivity contribution in [3.63, 3.8) is 0 Å². The van der Waals surface area contributed by atoms with Crippen LogP contribution in [0.4, 0.5) is 5.69 Å². The van der Waals surface area contributed by atoms with E-state index in [2.05, 4.69) is 15.4 Å². The van der Waals surface area contributed by atoms with E-state index < -0.39 is 17.8 Å². The van der Waals surface area contributed by atoms with Crippen LogP contribution in [0.2, 0.25) is 5.02 Å². The van der Waals surface area contributed by atoms with Crippen LogP contribution >= 0.6 is 11.6 Å². The third-order valence-corrected chi connectivity index (χ3v) is 3.72. The molecular formula is C18H17ClN2O4. The average Bonchev–Trinajstić information content (AvgIpc) is 2.62. The van der Waals surface area contributed by atoms with Gasteiger partial charge in [0.25, 0.3) is 0 Å². The molecule has 2 aromatic carbocycles. The highest BCUT2D eigenvalue weighted by Gasteiger charge is 2.14. The molecule has 130 valence electrons. The minimum atomic E-state index is -0.781. The van der Waals surface area contributed by atoms with Crippen molar-refractivity contribution < 1.29 is 19.1 Å². The van der Waals surface area contributed by atoms with Crippen LogP contribution in [0.5, 0.6) is 0 Å². The van der Waals surface area contributed by atoms with Crippen molar-refractivity contribution in [1.29, 1.82) is 0 Å². The Labute approximate surface area is 150 Å². The molecule has 0 aliphatic rings. The number of carbonyl (C=O) groups is 3. The molecule has 0 aliphatic heterocycles. The van der Waals surface area contributed by atoms with Crippen molar-refractivity contribution in [3.05, 3.63) is 64.2 Å². The van der Waals surface area contributed by atoms with E-state index in [4.69, 9.17) is 11.6 Å². The smallest absolute Gasteiger partial charge is 0.337 e. The third-order valence-electron chi connectivity index (χ3n) is 3.48. The number of halogens is 1. The fourth-order valence-electron chi connectivity index (χ4n) is 2.05. The SMILES string of the molecule is COC(=O)c1ccc(CNC(=O)C(=O)Nc2cc(Cl)ccc2C)cc1. The van der Waals surface area contributed by atoms with Crippen molar-refractivity contribution in [2.75, 3.05) is 12.4 Å². The second-order valence-corrected chi connectivity index (χ2v) is 5.72. The number of methoxy groups -OCH3 is 1. The lowest BCUT2D eigenvalue weighted by Crippen LogP contribution is -2.35. The Morgan fingerprint density at radius 1 is 1.04 bits per heavy atom. The minimum absolute atomic E-state index is 0.155. The number of nitrogens with one attached hydrogen (secondary N) is 2. The van der Waals surface area contributed by atoms with Gasteiger partial charge in [-0.2, -0.15) is 0 Å². The molecule has 0 spiro atoms. The Morgan fingerprint density at radius 3 is 2.36 bits per heavy atom. The number of aryl methyl sites for hydroxylation is 1. The lowest BCUT2D eigenvalue weighted by atomic mass is 10.1. The van der Waals surface area contributed by atoms with Crippen molar-refractivity contribution in [2.45, 2.75) is 13.5 Å². The van der Waals surface area contributed by atoms with Gasteiger partial charge in [-0.15, -0.1) is 0 Å². The Morgan fingerprint density at radius 2 is 1.72 bits per heavy atom. The Kier molecular flexibility index (Phi) is 6.14. The molecule has 6 nitrogen and oxygen atoms in total. The maximum absolute atomic E-state index is 12.0. The van der Waals surface area contributed by atoms with E-state index in [1.165, 1.54) is 7.11 Å². The van der Waals surface area contributed by atoms with Crippen molar-refractivity contribution in [1.82, 2.24) is 5.32 Å². The maximum atomic E-state index is 12.0. The van der Waals surface area contributed by atoms with Gasteiger partial charge in [-0.05, 0) is 42.3 Å². The van der Waals surface area contributed by atoms with Crippen LogP contribution < -0.4 is 10.6 Å². The number of amides is 2. The molecule has 0 unspecified atom stereocenters. The number of ether oxygens (including phenoxy) is 1. The number of hydrogen-bond donors (Lipinski definition) is 2. The van der Waals surface area contributed by atoms with Crippen LogP contribution in [0.3, 0.4) is 0 Å². The predicted molar refractivity (Wildman–Crippen MR) is 94.4 cm³/mol. The summed E-state index contributed by atoms with van der Waals surface area (Å²) in [6.45, 7) is 1.95. The number of benzene rings is 2. The normalized spacial score (nSPS) is 10.0. The standard InChI is InChI=1S/C18H17ClN2O4/c1-11-3-8-14(19)9-15(11)21-17(23)16(22)20-10-12-4-6-13(7-5-12)18(24)25-2/h3-9H,10H2,1-2H3,(H,20,22)(H,21,23). The van der Waals surface area contributed by atoms with Gasteiger partial charge in [0, 0.05) is 17.3 Å². The zero-order valence-electron chi connectivity index (χ0n) is 13.8. The second-order valence-electron chi connectivity index (χ2n) is 5.28. The molecule has 0 aromatic heterocycles. The monoisotopic (exact) mass is 360 g/mol. The predicted octanol–water partition coefficient (Wildman–Crippen LogP) is 2.69. The molecule has 2 amide bonds. The van der Waals surface area contributed by atoms with E-state index in [0.717, 1.165) is 11.1 Å². The highest BCUT2D eigenvalue weighted by atomic mass is 35.5. The first-order valence-corrected chi connectivity index (χ1v) is 7.81. The molecule has 7 heteroatoms. The molecule has 2 N–H and O–H groups in total. The van der Waals surface area contributed by atoms with Gasteiger partial charge in [0.2, 0.25) is 0 Å². The Hall–Kier alpha value is -2.86. The average molecular weight is 361 g/mol. The molecule has 0 fully saturated rings. The number of anilines is 1. The Bertz CT molecular complexity index is 803. The minimum Gasteiger partial charge on any atom is -0.465 e. The summed E-state index contributed by atoms with van der Waals surface area (Å²) in [5.74, 6) is -1.99. The van der Waals surface area contributed by atoms with E-state index in [1.54, 1.807) is 49.4 Å². The Balaban J connectivity index is 1.92. The van der Waals surface area contributed by atoms with E-state index in [-0.39, 0.29) is 6.54 Å². The molecule has 25 heavy (non-hydrogen) atoms. The summed E-state index contributed by atoms with van der Waals surface area (Å²) in [5.41, 5.74) is 2.43. The van der Waals surface area contributed by atoms with Crippen molar-refractivity contribution in [3.8, 4) is 0 Å². The molecule has 0 bridgehead atoms. The summed E-state index contributed by atoms with van der Waals surface area (Å²) in [4.78, 5) is 35.2. The van der Waals surface area contributed by atoms with Gasteiger partial charge in [-0.3, -0.25) is 9.59 Å². The molecule has 0 radical (unpaired) electrons. The van der Waals surface area contributed by atoms with Gasteiger partial charge < -0.3 is 15.4 Å². The molecule has 0 aliphatic carbocycles. The number of rotatable bonds is 4. The summed E-state index contributed by atoms with van der Waals surface area (Å²) in [6, 6.07) is 11.5. The first-order chi connectivity index (χ1) is 11.9. The molecule has 2 aromatic rings. The van der Waals surface area contributed by atoms with Gasteiger partial charge in [0.15, 0.2) is 0 Å². The maximum Gasteiger partial charge on any atom is 0.337 e. The fraction of sp³-hybridized carbons (Fsp3) is 0.167. The lowest BCUT2D eigenvalue weighted by Gasteiger charge is -2.09. The van der Waals surface area contributed by atoms with E-state index in [1.807, 2.05) is 0 Å². The third kappa shape index (κ3) is 5.06. The lowest BCUT2D eigenvalue weighted by molar-refractivity contribution is -0.136. The quantitative estimate of drug-likeness (QED) is 0.648. The van der Waals surface area contributed by atoms with Gasteiger partial charge in [-0.1, -0.05) is 29.8 Å². The molecule has 0 saturated heterocycles. The summed E-state index contributed by atoms with van der Waals surface area (Å²) < 4.78 is 4.61. The fourth-order valence-corrected chi connectivity index (χ4v) is 2.22. The second kappa shape index (κ2) is 8.30. The summed E-state index contributed by atoms with van der Waals surface area (Å²) >= 11 is 5.88. The topological polar surface area (TPSA) is 84.5 Å². The van der Waals surface area contributed by atoms with Crippen LogP contribution in [-0.2, 0) is 20.9 Å². The van der Waals surface area contributed by atoms with E-state index >= 15 is 0 Å². The van der Waals surface area contributed by atoms with Gasteiger partial charge in [-0.25, -0.2) is 4.79 Å². The van der Waals surface area contributed by atoms with Crippen LogP contribution in [0, 0.1) is 6.92 Å². The van der Waals surface area contributed by atoms with Crippen molar-refractivity contribution in [2.24, 2.45) is 0 Å². The van der Waals surface area contributed by atoms with Crippen LogP contribution in [0.1, 0.15) is 21.5 Å². The molecule has 2 rings (SSSR count). The first-order valence-electron chi connectivity index (χ1n) is 7.43. The highest BCUT2D eigenvalue weighted by Crippen LogP contribution is 2.20. The zero-order chi connectivity index (χ0) is 18.4. The van der Waals surface area contributed by atoms with Gasteiger partial charge in [0.05, 0.1) is 12.7 Å². The van der Waals surface area contributed by atoms with Gasteiger partial charge in [0.1, 0.15) is 0 Å². The summed E-state index contributed by atoms with van der Waals surface area (Å²) in [5, 5.41) is 5.50. The summed E-state index contributed by atoms with van der Waals surface area (Å²) in [7, 11) is 1.30. The number of hydrogen-bond acceptors (Lipinski definition) is 4. The molecule has 0 heterocycles. The number of carbonyl (C=O) groups excluding carboxylic acids is 3. The highest BCUT2D eigenvalue weighted by molar-refractivity contribution is 6.40.